The predicted molar refractivity (Wildman–Crippen MR) is 79.3 cm³/mol. The maximum Gasteiger partial charge on any atom is 0.166 e. The quantitative estimate of drug-likeness (QED) is 0.550. The Kier molecular flexibility index (Phi) is 3.65. The summed E-state index contributed by atoms with van der Waals surface area (Å²) < 4.78 is 7.02. The topological polar surface area (TPSA) is 130 Å². The van der Waals surface area contributed by atoms with E-state index < -0.39 is 24.5 Å². The minimum absolute atomic E-state index is 0.389. The number of fused-ring (bicyclic) bond motifs is 1. The third kappa shape index (κ3) is 2.18. The highest BCUT2D eigenvalue weighted by molar-refractivity contribution is 5.86. The van der Waals surface area contributed by atoms with E-state index in [2.05, 4.69) is 9.97 Å². The molecule has 2 aromatic rings. The molecular formula is C13H19N5O4. The van der Waals surface area contributed by atoms with Crippen LogP contribution in [0.2, 0.25) is 0 Å². The van der Waals surface area contributed by atoms with E-state index in [1.165, 1.54) is 10.9 Å². The maximum atomic E-state index is 10.1. The number of hydrogen-bond acceptors (Lipinski definition) is 8. The molecule has 0 bridgehead atoms. The number of nitrogens with zero attached hydrogens (tertiary/aromatic N) is 4. The molecule has 1 aliphatic heterocycles. The lowest BCUT2D eigenvalue weighted by Gasteiger charge is -2.18. The molecule has 9 nitrogen and oxygen atoms in total. The summed E-state index contributed by atoms with van der Waals surface area (Å²) in [4.78, 5) is 10.5. The maximum absolute atomic E-state index is 10.1. The van der Waals surface area contributed by atoms with Crippen LogP contribution in [0.25, 0.3) is 11.2 Å². The molecule has 0 amide bonds. The zero-order valence-corrected chi connectivity index (χ0v) is 12.3. The number of aliphatic hydroxyl groups excluding tert-OH is 3. The molecule has 1 aliphatic rings. The van der Waals surface area contributed by atoms with Gasteiger partial charge in [0.25, 0.3) is 0 Å². The normalized spacial score (nSPS) is 28.4. The number of aliphatic hydroxyl groups is 3. The van der Waals surface area contributed by atoms with Gasteiger partial charge in [-0.3, -0.25) is 4.57 Å². The van der Waals surface area contributed by atoms with Crippen molar-refractivity contribution >= 4 is 22.7 Å². The molecule has 1 fully saturated rings. The van der Waals surface area contributed by atoms with Gasteiger partial charge in [0.15, 0.2) is 11.9 Å². The number of nitrogens with two attached hydrogens (primary N) is 1. The van der Waals surface area contributed by atoms with Gasteiger partial charge in [-0.15, -0.1) is 0 Å². The number of anilines is 2. The van der Waals surface area contributed by atoms with Gasteiger partial charge in [-0.2, -0.15) is 0 Å². The number of pyridine rings is 1. The van der Waals surface area contributed by atoms with E-state index in [-0.39, 0.29) is 6.61 Å². The van der Waals surface area contributed by atoms with E-state index >= 15 is 0 Å². The minimum Gasteiger partial charge on any atom is -0.397 e. The van der Waals surface area contributed by atoms with Crippen LogP contribution in [0.5, 0.6) is 0 Å². The second-order valence-electron chi connectivity index (χ2n) is 5.52. The van der Waals surface area contributed by atoms with Gasteiger partial charge in [-0.1, -0.05) is 0 Å². The van der Waals surface area contributed by atoms with Gasteiger partial charge >= 0.3 is 0 Å². The van der Waals surface area contributed by atoms with Crippen LogP contribution < -0.4 is 10.6 Å². The summed E-state index contributed by atoms with van der Waals surface area (Å²) in [6.07, 6.45) is -2.66. The Balaban J connectivity index is 2.08. The molecule has 120 valence electrons. The summed E-state index contributed by atoms with van der Waals surface area (Å²) in [6, 6.07) is 1.71. The highest BCUT2D eigenvalue weighted by Crippen LogP contribution is 2.33. The second-order valence-corrected chi connectivity index (χ2v) is 5.52. The molecule has 0 unspecified atom stereocenters. The van der Waals surface area contributed by atoms with Crippen LogP contribution in [-0.2, 0) is 4.74 Å². The lowest BCUT2D eigenvalue weighted by Crippen LogP contribution is -2.33. The number of imidazole rings is 1. The summed E-state index contributed by atoms with van der Waals surface area (Å²) >= 11 is 0. The van der Waals surface area contributed by atoms with Crippen molar-refractivity contribution in [2.45, 2.75) is 24.5 Å². The van der Waals surface area contributed by atoms with Crippen molar-refractivity contribution in [2.24, 2.45) is 0 Å². The van der Waals surface area contributed by atoms with Gasteiger partial charge in [0.05, 0.1) is 18.6 Å². The first-order chi connectivity index (χ1) is 10.4. The monoisotopic (exact) mass is 309 g/mol. The molecule has 0 saturated carbocycles. The number of ether oxygens (including phenoxy) is 1. The Morgan fingerprint density at radius 3 is 2.68 bits per heavy atom. The molecule has 5 N–H and O–H groups in total. The largest absolute Gasteiger partial charge is 0.397 e. The summed E-state index contributed by atoms with van der Waals surface area (Å²) in [5.41, 5.74) is 7.38. The molecule has 0 aliphatic carbocycles. The molecule has 22 heavy (non-hydrogen) atoms. The van der Waals surface area contributed by atoms with Crippen molar-refractivity contribution in [3.8, 4) is 0 Å². The van der Waals surface area contributed by atoms with E-state index in [4.69, 9.17) is 10.5 Å². The Hall–Kier alpha value is -1.94. The van der Waals surface area contributed by atoms with Crippen molar-refractivity contribution < 1.29 is 20.1 Å². The molecule has 2 aromatic heterocycles. The van der Waals surface area contributed by atoms with E-state index in [1.807, 2.05) is 14.1 Å². The fourth-order valence-corrected chi connectivity index (χ4v) is 2.54. The molecule has 9 heteroatoms. The third-order valence-electron chi connectivity index (χ3n) is 3.80. The lowest BCUT2D eigenvalue weighted by atomic mass is 10.1. The zero-order valence-electron chi connectivity index (χ0n) is 12.3. The van der Waals surface area contributed by atoms with Crippen LogP contribution in [0.1, 0.15) is 6.23 Å². The Morgan fingerprint density at radius 2 is 2.09 bits per heavy atom. The van der Waals surface area contributed by atoms with Gasteiger partial charge < -0.3 is 30.7 Å². The van der Waals surface area contributed by atoms with E-state index in [0.29, 0.717) is 22.7 Å². The molecule has 0 spiro atoms. The van der Waals surface area contributed by atoms with E-state index in [9.17, 15) is 15.3 Å². The van der Waals surface area contributed by atoms with E-state index in [0.717, 1.165) is 0 Å². The van der Waals surface area contributed by atoms with E-state index in [1.54, 1.807) is 11.0 Å². The molecule has 3 heterocycles. The molecule has 0 aromatic carbocycles. The fourth-order valence-electron chi connectivity index (χ4n) is 2.54. The van der Waals surface area contributed by atoms with Crippen molar-refractivity contribution in [1.82, 2.24) is 14.5 Å². The Morgan fingerprint density at radius 1 is 1.36 bits per heavy atom. The van der Waals surface area contributed by atoms with Crippen LogP contribution in [0.4, 0.5) is 11.5 Å². The molecule has 0 radical (unpaired) electrons. The highest BCUT2D eigenvalue weighted by Gasteiger charge is 2.44. The average molecular weight is 309 g/mol. The summed E-state index contributed by atoms with van der Waals surface area (Å²) in [7, 11) is 3.67. The number of hydrogen-bond donors (Lipinski definition) is 4. The van der Waals surface area contributed by atoms with Crippen LogP contribution in [-0.4, -0.2) is 68.9 Å². The smallest absolute Gasteiger partial charge is 0.166 e. The molecule has 1 saturated heterocycles. The Bertz CT molecular complexity index is 688. The first-order valence-corrected chi connectivity index (χ1v) is 6.87. The lowest BCUT2D eigenvalue weighted by molar-refractivity contribution is -0.0511. The van der Waals surface area contributed by atoms with Gasteiger partial charge in [0.1, 0.15) is 29.6 Å². The predicted octanol–water partition coefficient (Wildman–Crippen LogP) is -1.31. The van der Waals surface area contributed by atoms with Crippen LogP contribution in [0.15, 0.2) is 12.4 Å². The first-order valence-electron chi connectivity index (χ1n) is 6.87. The zero-order chi connectivity index (χ0) is 16.0. The van der Waals surface area contributed by atoms with Gasteiger partial charge in [-0.05, 0) is 0 Å². The van der Waals surface area contributed by atoms with Gasteiger partial charge in [-0.25, -0.2) is 9.97 Å². The molecule has 3 rings (SSSR count). The number of nitrogen functional groups attached to an aromatic ring is 1. The van der Waals surface area contributed by atoms with Gasteiger partial charge in [0, 0.05) is 20.2 Å². The van der Waals surface area contributed by atoms with Crippen molar-refractivity contribution in [1.29, 1.82) is 0 Å². The van der Waals surface area contributed by atoms with Crippen LogP contribution in [0.3, 0.4) is 0 Å². The minimum atomic E-state index is -1.19. The second kappa shape index (κ2) is 5.36. The van der Waals surface area contributed by atoms with Crippen molar-refractivity contribution in [3.63, 3.8) is 0 Å². The standard InChI is InChI=1S/C13H19N5O4/c1-17(2)8-3-6(14)9-12(16-8)18(5-15-9)13-11(21)10(20)7(4-19)22-13/h3,5,7,10-11,13,19-21H,4H2,1-2H3,(H2,14,16)/t7-,10-,11-,13-/m1/s1. The SMILES string of the molecule is CN(C)c1cc(N)c2ncn([C@@H]3O[C@H](CO)[C@@H](O)[C@H]3O)c2n1. The molecular weight excluding hydrogens is 290 g/mol. The van der Waals surface area contributed by atoms with Crippen LogP contribution >= 0.6 is 0 Å². The average Bonchev–Trinajstić information content (AvgIpc) is 3.02. The van der Waals surface area contributed by atoms with Crippen molar-refractivity contribution in [2.75, 3.05) is 31.3 Å². The highest BCUT2D eigenvalue weighted by atomic mass is 16.6. The molecule has 4 atom stereocenters. The number of rotatable bonds is 3. The van der Waals surface area contributed by atoms with Crippen LogP contribution in [0, 0.1) is 0 Å². The summed E-state index contributed by atoms with van der Waals surface area (Å²) in [6.45, 7) is -0.389. The fraction of sp³-hybridized carbons (Fsp3) is 0.538. The van der Waals surface area contributed by atoms with Crippen molar-refractivity contribution in [3.05, 3.63) is 12.4 Å². The summed E-state index contributed by atoms with van der Waals surface area (Å²) in [5.74, 6) is 0.637. The third-order valence-corrected chi connectivity index (χ3v) is 3.80. The first kappa shape index (κ1) is 15.0. The Labute approximate surface area is 126 Å². The summed E-state index contributed by atoms with van der Waals surface area (Å²) in [5, 5.41) is 29.2. The van der Waals surface area contributed by atoms with Gasteiger partial charge in [0.2, 0.25) is 0 Å². The number of aromatic nitrogens is 3.